The molecule has 0 amide bonds. The third-order valence-corrected chi connectivity index (χ3v) is 4.30. The molecule has 10 heteroatoms. The van der Waals surface area contributed by atoms with Crippen molar-refractivity contribution >= 4 is 57.2 Å². The highest BCUT2D eigenvalue weighted by molar-refractivity contribution is 14.0. The fourth-order valence-electron chi connectivity index (χ4n) is 1.78. The van der Waals surface area contributed by atoms with Crippen LogP contribution in [0.15, 0.2) is 39.1 Å². The second kappa shape index (κ2) is 10.3. The second-order valence-corrected chi connectivity index (χ2v) is 6.66. The molecule has 138 valence electrons. The maximum atomic E-state index is 12.5. The van der Waals surface area contributed by atoms with Crippen LogP contribution in [0.4, 0.5) is 13.2 Å². The van der Waals surface area contributed by atoms with Crippen LogP contribution in [0.25, 0.3) is 0 Å². The summed E-state index contributed by atoms with van der Waals surface area (Å²) in [7, 11) is 0. The zero-order valence-electron chi connectivity index (χ0n) is 13.2. The fraction of sp³-hybridized carbons (Fsp3) is 0.333. The number of alkyl halides is 3. The van der Waals surface area contributed by atoms with E-state index in [1.54, 1.807) is 0 Å². The van der Waals surface area contributed by atoms with E-state index in [-0.39, 0.29) is 30.5 Å². The van der Waals surface area contributed by atoms with Crippen molar-refractivity contribution in [3.63, 3.8) is 0 Å². The minimum absolute atomic E-state index is 0. The lowest BCUT2D eigenvalue weighted by molar-refractivity contribution is -0.140. The SMILES string of the molecule is CCNC(=NCc1ccc(Br)cc1)NCc1nc(C(F)(F)F)cs1.I. The van der Waals surface area contributed by atoms with Gasteiger partial charge in [0.2, 0.25) is 0 Å². The number of hydrogen-bond donors (Lipinski definition) is 2. The monoisotopic (exact) mass is 548 g/mol. The molecule has 2 aromatic rings. The first-order valence-electron chi connectivity index (χ1n) is 7.16. The van der Waals surface area contributed by atoms with Gasteiger partial charge in [0.15, 0.2) is 11.7 Å². The number of halogens is 5. The van der Waals surface area contributed by atoms with Crippen molar-refractivity contribution in [2.45, 2.75) is 26.2 Å². The van der Waals surface area contributed by atoms with E-state index < -0.39 is 11.9 Å². The van der Waals surface area contributed by atoms with E-state index in [2.05, 4.69) is 36.5 Å². The Labute approximate surface area is 173 Å². The molecule has 0 bridgehead atoms. The van der Waals surface area contributed by atoms with Gasteiger partial charge in [-0.15, -0.1) is 35.3 Å². The van der Waals surface area contributed by atoms with Crippen molar-refractivity contribution in [3.8, 4) is 0 Å². The zero-order valence-corrected chi connectivity index (χ0v) is 18.0. The Hall–Kier alpha value is -0.880. The van der Waals surface area contributed by atoms with Gasteiger partial charge in [0.25, 0.3) is 0 Å². The first-order chi connectivity index (χ1) is 11.4. The first kappa shape index (κ1) is 22.2. The van der Waals surface area contributed by atoms with Crippen LogP contribution in [-0.4, -0.2) is 17.5 Å². The second-order valence-electron chi connectivity index (χ2n) is 4.80. The highest BCUT2D eigenvalue weighted by Gasteiger charge is 2.33. The number of aromatic nitrogens is 1. The van der Waals surface area contributed by atoms with Crippen LogP contribution >= 0.6 is 51.2 Å². The number of rotatable bonds is 5. The summed E-state index contributed by atoms with van der Waals surface area (Å²) in [5.41, 5.74) is 0.171. The highest BCUT2D eigenvalue weighted by atomic mass is 127. The van der Waals surface area contributed by atoms with Crippen molar-refractivity contribution in [1.29, 1.82) is 0 Å². The van der Waals surface area contributed by atoms with Crippen LogP contribution < -0.4 is 10.6 Å². The van der Waals surface area contributed by atoms with Gasteiger partial charge in [-0.05, 0) is 24.6 Å². The van der Waals surface area contributed by atoms with Crippen molar-refractivity contribution in [3.05, 3.63) is 50.4 Å². The Morgan fingerprint density at radius 3 is 2.48 bits per heavy atom. The van der Waals surface area contributed by atoms with E-state index in [4.69, 9.17) is 0 Å². The quantitative estimate of drug-likeness (QED) is 0.321. The number of nitrogens with zero attached hydrogens (tertiary/aromatic N) is 2. The molecule has 0 spiro atoms. The molecule has 25 heavy (non-hydrogen) atoms. The molecule has 1 aromatic heterocycles. The molecule has 0 aliphatic carbocycles. The first-order valence-corrected chi connectivity index (χ1v) is 8.84. The molecule has 0 unspecified atom stereocenters. The predicted molar refractivity (Wildman–Crippen MR) is 108 cm³/mol. The Balaban J connectivity index is 0.00000312. The summed E-state index contributed by atoms with van der Waals surface area (Å²) in [4.78, 5) is 8.00. The number of aliphatic imine (C=N–C) groups is 1. The molecule has 0 saturated carbocycles. The third kappa shape index (κ3) is 7.48. The average molecular weight is 549 g/mol. The van der Waals surface area contributed by atoms with E-state index in [1.165, 1.54) is 0 Å². The molecule has 4 nitrogen and oxygen atoms in total. The summed E-state index contributed by atoms with van der Waals surface area (Å²) in [5.74, 6) is 0.532. The van der Waals surface area contributed by atoms with Crippen molar-refractivity contribution in [2.75, 3.05) is 6.54 Å². The van der Waals surface area contributed by atoms with Crippen LogP contribution in [0.5, 0.6) is 0 Å². The average Bonchev–Trinajstić information content (AvgIpc) is 3.01. The number of benzene rings is 1. The molecule has 0 aliphatic heterocycles. The molecule has 2 rings (SSSR count). The summed E-state index contributed by atoms with van der Waals surface area (Å²) in [6, 6.07) is 7.76. The van der Waals surface area contributed by atoms with E-state index in [0.29, 0.717) is 24.1 Å². The zero-order chi connectivity index (χ0) is 17.6. The minimum atomic E-state index is -4.41. The van der Waals surface area contributed by atoms with Crippen LogP contribution in [0.1, 0.15) is 23.2 Å². The molecular formula is C15H17BrF3IN4S. The predicted octanol–water partition coefficient (Wildman–Crippen LogP) is 4.80. The maximum absolute atomic E-state index is 12.5. The van der Waals surface area contributed by atoms with Crippen LogP contribution in [-0.2, 0) is 19.3 Å². The summed E-state index contributed by atoms with van der Waals surface area (Å²) >= 11 is 4.34. The van der Waals surface area contributed by atoms with Crippen LogP contribution in [0.2, 0.25) is 0 Å². The van der Waals surface area contributed by atoms with E-state index in [1.807, 2.05) is 31.2 Å². The number of hydrogen-bond acceptors (Lipinski definition) is 3. The number of thiazole rings is 1. The fourth-order valence-corrected chi connectivity index (χ4v) is 2.79. The van der Waals surface area contributed by atoms with Gasteiger partial charge in [-0.2, -0.15) is 13.2 Å². The maximum Gasteiger partial charge on any atom is 0.434 e. The highest BCUT2D eigenvalue weighted by Crippen LogP contribution is 2.29. The van der Waals surface area contributed by atoms with Crippen LogP contribution in [0.3, 0.4) is 0 Å². The molecule has 0 saturated heterocycles. The third-order valence-electron chi connectivity index (χ3n) is 2.93. The van der Waals surface area contributed by atoms with Gasteiger partial charge in [0.05, 0.1) is 13.1 Å². The van der Waals surface area contributed by atoms with Gasteiger partial charge in [-0.25, -0.2) is 9.98 Å². The number of nitrogens with one attached hydrogen (secondary N) is 2. The van der Waals surface area contributed by atoms with Crippen LogP contribution in [0, 0.1) is 0 Å². The molecule has 0 radical (unpaired) electrons. The topological polar surface area (TPSA) is 49.3 Å². The van der Waals surface area contributed by atoms with Gasteiger partial charge in [0.1, 0.15) is 5.01 Å². The Bertz CT molecular complexity index is 689. The lowest BCUT2D eigenvalue weighted by Crippen LogP contribution is -2.36. The van der Waals surface area contributed by atoms with Gasteiger partial charge >= 0.3 is 6.18 Å². The smallest absolute Gasteiger partial charge is 0.357 e. The van der Waals surface area contributed by atoms with Gasteiger partial charge in [0, 0.05) is 16.4 Å². The van der Waals surface area contributed by atoms with E-state index in [0.717, 1.165) is 26.8 Å². The van der Waals surface area contributed by atoms with E-state index in [9.17, 15) is 13.2 Å². The van der Waals surface area contributed by atoms with E-state index >= 15 is 0 Å². The summed E-state index contributed by atoms with van der Waals surface area (Å²) in [6.07, 6.45) is -4.41. The van der Waals surface area contributed by atoms with Crippen molar-refractivity contribution in [2.24, 2.45) is 4.99 Å². The van der Waals surface area contributed by atoms with Gasteiger partial charge < -0.3 is 10.6 Å². The Kier molecular flexibility index (Phi) is 9.14. The van der Waals surface area contributed by atoms with Gasteiger partial charge in [-0.1, -0.05) is 28.1 Å². The largest absolute Gasteiger partial charge is 0.434 e. The summed E-state index contributed by atoms with van der Waals surface area (Å²) < 4.78 is 38.6. The molecule has 1 aromatic carbocycles. The molecule has 0 atom stereocenters. The molecular weight excluding hydrogens is 532 g/mol. The lowest BCUT2D eigenvalue weighted by Gasteiger charge is -2.10. The van der Waals surface area contributed by atoms with Gasteiger partial charge in [-0.3, -0.25) is 0 Å². The molecule has 1 heterocycles. The molecule has 2 N–H and O–H groups in total. The molecule has 0 aliphatic rings. The summed E-state index contributed by atoms with van der Waals surface area (Å²) in [6.45, 7) is 3.22. The number of guanidine groups is 1. The Morgan fingerprint density at radius 2 is 1.92 bits per heavy atom. The van der Waals surface area contributed by atoms with Crippen molar-refractivity contribution < 1.29 is 13.2 Å². The van der Waals surface area contributed by atoms with Crippen molar-refractivity contribution in [1.82, 2.24) is 15.6 Å². The standard InChI is InChI=1S/C15H16BrF3N4S.HI/c1-2-20-14(21-7-10-3-5-11(16)6-4-10)22-8-13-23-12(9-24-13)15(17,18)19;/h3-6,9H,2,7-8H2,1H3,(H2,20,21,22);1H. The Morgan fingerprint density at radius 1 is 1.24 bits per heavy atom. The minimum Gasteiger partial charge on any atom is -0.357 e. The normalized spacial score (nSPS) is 11.8. The lowest BCUT2D eigenvalue weighted by atomic mass is 10.2. The molecule has 0 fully saturated rings. The summed E-state index contributed by atoms with van der Waals surface area (Å²) in [5, 5.41) is 7.42.